The molecule has 0 saturated carbocycles. The van der Waals surface area contributed by atoms with E-state index in [0.717, 1.165) is 46.0 Å². The number of phenols is 2. The summed E-state index contributed by atoms with van der Waals surface area (Å²) in [5.74, 6) is 0.203. The first-order valence-corrected chi connectivity index (χ1v) is 10.5. The van der Waals surface area contributed by atoms with Gasteiger partial charge in [0, 0.05) is 29.2 Å². The van der Waals surface area contributed by atoms with Crippen molar-refractivity contribution in [3.63, 3.8) is 0 Å². The number of carbonyl (C=O) groups is 1. The molecule has 0 radical (unpaired) electrons. The van der Waals surface area contributed by atoms with Crippen molar-refractivity contribution in [3.8, 4) is 17.2 Å². The van der Waals surface area contributed by atoms with Gasteiger partial charge in [0.2, 0.25) is 0 Å². The number of phenolic OH excluding ortho intramolecular Hbond substituents is 2. The lowest BCUT2D eigenvalue weighted by atomic mass is 9.69. The molecule has 1 aliphatic carbocycles. The topological polar surface area (TPSA) is 87.4 Å². The minimum absolute atomic E-state index is 0.105. The van der Waals surface area contributed by atoms with Gasteiger partial charge in [0.1, 0.15) is 5.82 Å². The van der Waals surface area contributed by atoms with Crippen LogP contribution >= 0.6 is 0 Å². The molecule has 2 heterocycles. The van der Waals surface area contributed by atoms with Crippen LogP contribution in [0.4, 0.5) is 5.82 Å². The van der Waals surface area contributed by atoms with Gasteiger partial charge in [-0.3, -0.25) is 4.79 Å². The van der Waals surface area contributed by atoms with E-state index in [1.165, 1.54) is 6.07 Å². The Morgan fingerprint density at radius 1 is 1.06 bits per heavy atom. The first kappa shape index (κ1) is 19.4. The number of nitrogens with one attached hydrogen (secondary N) is 1. The van der Waals surface area contributed by atoms with Crippen LogP contribution in [0.3, 0.4) is 0 Å². The van der Waals surface area contributed by atoms with Crippen molar-refractivity contribution < 1.29 is 15.0 Å². The number of allylic oxidation sites excluding steroid dienone is 2. The summed E-state index contributed by atoms with van der Waals surface area (Å²) < 4.78 is 1.88. The van der Waals surface area contributed by atoms with E-state index in [-0.39, 0.29) is 28.6 Å². The predicted molar refractivity (Wildman–Crippen MR) is 119 cm³/mol. The summed E-state index contributed by atoms with van der Waals surface area (Å²) in [5.41, 5.74) is 4.91. The van der Waals surface area contributed by atoms with Crippen LogP contribution in [-0.4, -0.2) is 25.8 Å². The molecule has 5 rings (SSSR count). The Kier molecular flexibility index (Phi) is 4.22. The highest BCUT2D eigenvalue weighted by Gasteiger charge is 2.43. The number of Topliss-reactive ketones (excluding diaryl/α,β-unsaturated/α-hetero) is 1. The highest BCUT2D eigenvalue weighted by Crippen LogP contribution is 2.51. The molecule has 0 fully saturated rings. The van der Waals surface area contributed by atoms with Gasteiger partial charge < -0.3 is 15.5 Å². The van der Waals surface area contributed by atoms with Gasteiger partial charge in [-0.25, -0.2) is 4.68 Å². The zero-order valence-electron chi connectivity index (χ0n) is 17.8. The first-order chi connectivity index (χ1) is 14.7. The number of benzene rings is 2. The molecule has 1 aromatic heterocycles. The fraction of sp³-hybridized carbons (Fsp3) is 0.280. The molecule has 0 unspecified atom stereocenters. The summed E-state index contributed by atoms with van der Waals surface area (Å²) in [6.45, 7) is 6.15. The number of para-hydroxylation sites is 1. The molecule has 0 saturated heterocycles. The van der Waals surface area contributed by atoms with Gasteiger partial charge in [-0.2, -0.15) is 5.10 Å². The molecule has 0 bridgehead atoms. The summed E-state index contributed by atoms with van der Waals surface area (Å²) in [6, 6.07) is 14.7. The van der Waals surface area contributed by atoms with Crippen molar-refractivity contribution in [2.24, 2.45) is 5.41 Å². The number of rotatable bonds is 2. The lowest BCUT2D eigenvalue weighted by Crippen LogP contribution is -2.34. The fourth-order valence-corrected chi connectivity index (χ4v) is 4.88. The van der Waals surface area contributed by atoms with E-state index in [0.29, 0.717) is 6.42 Å². The Hall–Kier alpha value is -3.54. The summed E-state index contributed by atoms with van der Waals surface area (Å²) in [5, 5.41) is 28.4. The molecule has 3 N–H and O–H groups in total. The van der Waals surface area contributed by atoms with Crippen LogP contribution < -0.4 is 5.32 Å². The Morgan fingerprint density at radius 2 is 1.81 bits per heavy atom. The first-order valence-electron chi connectivity index (χ1n) is 10.5. The Bertz CT molecular complexity index is 1240. The van der Waals surface area contributed by atoms with Crippen LogP contribution in [0.1, 0.15) is 49.4 Å². The summed E-state index contributed by atoms with van der Waals surface area (Å²) in [7, 11) is 0. The zero-order valence-corrected chi connectivity index (χ0v) is 17.8. The average molecular weight is 415 g/mol. The normalized spacial score (nSPS) is 19.6. The van der Waals surface area contributed by atoms with Crippen molar-refractivity contribution in [3.05, 3.63) is 76.6 Å². The molecule has 0 amide bonds. The molecule has 158 valence electrons. The maximum atomic E-state index is 13.3. The SMILES string of the molecule is Cc1nn(-c2ccccc2)c2c1[C@@H](c1ccc(O)c(O)c1)C1=C(CC(C)(C)CC1=O)N2. The zero-order chi connectivity index (χ0) is 21.9. The van der Waals surface area contributed by atoms with Crippen molar-refractivity contribution >= 4 is 11.6 Å². The van der Waals surface area contributed by atoms with E-state index in [1.807, 2.05) is 41.9 Å². The Balaban J connectivity index is 1.77. The number of hydrogen-bond donors (Lipinski definition) is 3. The van der Waals surface area contributed by atoms with Crippen molar-refractivity contribution in [2.75, 3.05) is 5.32 Å². The molecule has 1 atom stereocenters. The van der Waals surface area contributed by atoms with Crippen LogP contribution in [0.2, 0.25) is 0 Å². The summed E-state index contributed by atoms with van der Waals surface area (Å²) in [6.07, 6.45) is 1.21. The number of carbonyl (C=O) groups excluding carboxylic acids is 1. The van der Waals surface area contributed by atoms with Crippen LogP contribution in [0.5, 0.6) is 11.5 Å². The van der Waals surface area contributed by atoms with Gasteiger partial charge >= 0.3 is 0 Å². The maximum Gasteiger partial charge on any atom is 0.162 e. The maximum absolute atomic E-state index is 13.3. The van der Waals surface area contributed by atoms with Crippen LogP contribution in [0.15, 0.2) is 59.8 Å². The van der Waals surface area contributed by atoms with Crippen molar-refractivity contribution in [1.29, 1.82) is 0 Å². The molecule has 2 aliphatic rings. The second kappa shape index (κ2) is 6.74. The van der Waals surface area contributed by atoms with Gasteiger partial charge in [-0.1, -0.05) is 38.1 Å². The van der Waals surface area contributed by atoms with Crippen LogP contribution in [0.25, 0.3) is 5.69 Å². The largest absolute Gasteiger partial charge is 0.504 e. The van der Waals surface area contributed by atoms with E-state index in [9.17, 15) is 15.0 Å². The number of aromatic hydroxyl groups is 2. The van der Waals surface area contributed by atoms with Gasteiger partial charge in [0.15, 0.2) is 17.3 Å². The van der Waals surface area contributed by atoms with E-state index >= 15 is 0 Å². The standard InChI is InChI=1S/C25H25N3O3/c1-14-21-22(15-9-10-18(29)19(30)11-15)23-17(12-25(2,3)13-20(23)31)26-24(21)28(27-14)16-7-5-4-6-8-16/h4-11,22,26,29-30H,12-13H2,1-3H3/t22-/m1/s1. The van der Waals surface area contributed by atoms with Gasteiger partial charge in [-0.05, 0) is 48.6 Å². The van der Waals surface area contributed by atoms with Gasteiger partial charge in [0.05, 0.1) is 11.4 Å². The summed E-state index contributed by atoms with van der Waals surface area (Å²) in [4.78, 5) is 13.3. The second-order valence-electron chi connectivity index (χ2n) is 9.23. The van der Waals surface area contributed by atoms with E-state index in [2.05, 4.69) is 19.2 Å². The molecule has 3 aromatic rings. The number of nitrogens with zero attached hydrogens (tertiary/aromatic N) is 2. The van der Waals surface area contributed by atoms with Gasteiger partial charge in [0.25, 0.3) is 0 Å². The Labute approximate surface area is 180 Å². The fourth-order valence-electron chi connectivity index (χ4n) is 4.88. The molecule has 6 nitrogen and oxygen atoms in total. The molecule has 31 heavy (non-hydrogen) atoms. The van der Waals surface area contributed by atoms with Gasteiger partial charge in [-0.15, -0.1) is 0 Å². The van der Waals surface area contributed by atoms with Crippen molar-refractivity contribution in [1.82, 2.24) is 9.78 Å². The number of aromatic nitrogens is 2. The van der Waals surface area contributed by atoms with Crippen LogP contribution in [0, 0.1) is 12.3 Å². The highest BCUT2D eigenvalue weighted by atomic mass is 16.3. The molecular formula is C25H25N3O3. The highest BCUT2D eigenvalue weighted by molar-refractivity contribution is 6.01. The number of anilines is 1. The van der Waals surface area contributed by atoms with E-state index in [4.69, 9.17) is 5.10 Å². The molecule has 1 aliphatic heterocycles. The molecule has 6 heteroatoms. The second-order valence-corrected chi connectivity index (χ2v) is 9.23. The molecule has 2 aromatic carbocycles. The predicted octanol–water partition coefficient (Wildman–Crippen LogP) is 4.79. The third kappa shape index (κ3) is 3.10. The third-order valence-electron chi connectivity index (χ3n) is 6.21. The van der Waals surface area contributed by atoms with E-state index < -0.39 is 0 Å². The minimum atomic E-state index is -0.362. The van der Waals surface area contributed by atoms with E-state index in [1.54, 1.807) is 12.1 Å². The minimum Gasteiger partial charge on any atom is -0.504 e. The average Bonchev–Trinajstić information content (AvgIpc) is 3.04. The lowest BCUT2D eigenvalue weighted by molar-refractivity contribution is -0.118. The molecule has 0 spiro atoms. The molecular weight excluding hydrogens is 390 g/mol. The third-order valence-corrected chi connectivity index (χ3v) is 6.21. The van der Waals surface area contributed by atoms with Crippen LogP contribution in [-0.2, 0) is 4.79 Å². The summed E-state index contributed by atoms with van der Waals surface area (Å²) >= 11 is 0. The number of hydrogen-bond acceptors (Lipinski definition) is 5. The quantitative estimate of drug-likeness (QED) is 0.524. The number of fused-ring (bicyclic) bond motifs is 1. The number of ketones is 1. The Morgan fingerprint density at radius 3 is 2.52 bits per heavy atom. The monoisotopic (exact) mass is 415 g/mol. The van der Waals surface area contributed by atoms with Crippen molar-refractivity contribution in [2.45, 2.75) is 39.5 Å². The number of aryl methyl sites for hydroxylation is 1. The smallest absolute Gasteiger partial charge is 0.162 e. The lowest BCUT2D eigenvalue weighted by Gasteiger charge is -2.38.